The van der Waals surface area contributed by atoms with Crippen molar-refractivity contribution in [3.63, 3.8) is 0 Å². The molecule has 3 N–H and O–H groups in total. The van der Waals surface area contributed by atoms with Crippen LogP contribution in [0.2, 0.25) is 0 Å². The molecule has 2 aromatic rings. The van der Waals surface area contributed by atoms with E-state index in [1.54, 1.807) is 48.5 Å². The van der Waals surface area contributed by atoms with E-state index in [4.69, 9.17) is 4.74 Å². The molecule has 0 bridgehead atoms. The lowest BCUT2D eigenvalue weighted by molar-refractivity contribution is -0.118. The Morgan fingerprint density at radius 2 is 1.58 bits per heavy atom. The number of anilines is 1. The lowest BCUT2D eigenvalue weighted by Crippen LogP contribution is -2.33. The number of hydrogen-bond donors (Lipinski definition) is 3. The Kier molecular flexibility index (Phi) is 6.73. The van der Waals surface area contributed by atoms with Gasteiger partial charge in [-0.1, -0.05) is 6.07 Å². The topological polar surface area (TPSA) is 96.5 Å². The minimum atomic E-state index is -0.267. The SMILES string of the molecule is COc1cccc(C(=O)Nc2ccc(C(=O)NCCNC(C)=O)cc2)c1. The summed E-state index contributed by atoms with van der Waals surface area (Å²) < 4.78 is 5.10. The summed E-state index contributed by atoms with van der Waals surface area (Å²) in [7, 11) is 1.54. The molecule has 0 aromatic heterocycles. The first-order valence-corrected chi connectivity index (χ1v) is 8.07. The van der Waals surface area contributed by atoms with Gasteiger partial charge in [0.1, 0.15) is 5.75 Å². The summed E-state index contributed by atoms with van der Waals surface area (Å²) in [6.45, 7) is 2.13. The third kappa shape index (κ3) is 5.62. The van der Waals surface area contributed by atoms with Crippen LogP contribution in [0.4, 0.5) is 5.69 Å². The highest BCUT2D eigenvalue weighted by Crippen LogP contribution is 2.15. The number of methoxy groups -OCH3 is 1. The molecule has 0 radical (unpaired) electrons. The molecule has 3 amide bonds. The van der Waals surface area contributed by atoms with E-state index >= 15 is 0 Å². The summed E-state index contributed by atoms with van der Waals surface area (Å²) >= 11 is 0. The Hall–Kier alpha value is -3.35. The van der Waals surface area contributed by atoms with Gasteiger partial charge < -0.3 is 20.7 Å². The van der Waals surface area contributed by atoms with E-state index < -0.39 is 0 Å². The number of benzene rings is 2. The van der Waals surface area contributed by atoms with Crippen LogP contribution in [-0.4, -0.2) is 37.9 Å². The maximum Gasteiger partial charge on any atom is 0.255 e. The zero-order chi connectivity index (χ0) is 18.9. The van der Waals surface area contributed by atoms with E-state index in [0.717, 1.165) is 0 Å². The Morgan fingerprint density at radius 1 is 0.885 bits per heavy atom. The van der Waals surface area contributed by atoms with Gasteiger partial charge >= 0.3 is 0 Å². The third-order valence-corrected chi connectivity index (χ3v) is 3.52. The van der Waals surface area contributed by atoms with Gasteiger partial charge in [0.2, 0.25) is 5.91 Å². The van der Waals surface area contributed by atoms with Gasteiger partial charge in [-0.3, -0.25) is 14.4 Å². The van der Waals surface area contributed by atoms with Crippen LogP contribution < -0.4 is 20.7 Å². The fraction of sp³-hybridized carbons (Fsp3) is 0.211. The predicted molar refractivity (Wildman–Crippen MR) is 98.4 cm³/mol. The summed E-state index contributed by atoms with van der Waals surface area (Å²) in [5.41, 5.74) is 1.52. The number of carbonyl (C=O) groups excluding carboxylic acids is 3. The second-order valence-corrected chi connectivity index (χ2v) is 5.50. The van der Waals surface area contributed by atoms with Crippen molar-refractivity contribution in [1.82, 2.24) is 10.6 Å². The largest absolute Gasteiger partial charge is 0.497 e. The van der Waals surface area contributed by atoms with Crippen LogP contribution in [0.15, 0.2) is 48.5 Å². The second-order valence-electron chi connectivity index (χ2n) is 5.50. The van der Waals surface area contributed by atoms with Crippen molar-refractivity contribution in [3.8, 4) is 5.75 Å². The van der Waals surface area contributed by atoms with Gasteiger partial charge in [-0.15, -0.1) is 0 Å². The molecule has 7 nitrogen and oxygen atoms in total. The van der Waals surface area contributed by atoms with E-state index in [-0.39, 0.29) is 17.7 Å². The van der Waals surface area contributed by atoms with E-state index in [0.29, 0.717) is 35.7 Å². The molecule has 0 heterocycles. The van der Waals surface area contributed by atoms with Gasteiger partial charge in [0.05, 0.1) is 7.11 Å². The van der Waals surface area contributed by atoms with Crippen molar-refractivity contribution in [2.24, 2.45) is 0 Å². The molecule has 0 aliphatic rings. The number of carbonyl (C=O) groups is 3. The zero-order valence-electron chi connectivity index (χ0n) is 14.7. The fourth-order valence-electron chi connectivity index (χ4n) is 2.19. The zero-order valence-corrected chi connectivity index (χ0v) is 14.7. The van der Waals surface area contributed by atoms with Gasteiger partial charge in [0.25, 0.3) is 11.8 Å². The lowest BCUT2D eigenvalue weighted by atomic mass is 10.1. The smallest absolute Gasteiger partial charge is 0.255 e. The number of hydrogen-bond acceptors (Lipinski definition) is 4. The highest BCUT2D eigenvalue weighted by atomic mass is 16.5. The summed E-state index contributed by atoms with van der Waals surface area (Å²) in [5.74, 6) is -0.0586. The molecule has 2 aromatic carbocycles. The fourth-order valence-corrected chi connectivity index (χ4v) is 2.19. The van der Waals surface area contributed by atoms with Crippen LogP contribution in [0.1, 0.15) is 27.6 Å². The van der Waals surface area contributed by atoms with E-state index in [9.17, 15) is 14.4 Å². The molecule has 0 aliphatic carbocycles. The van der Waals surface area contributed by atoms with Crippen molar-refractivity contribution >= 4 is 23.4 Å². The molecule has 136 valence electrons. The second kappa shape index (κ2) is 9.22. The molecular weight excluding hydrogens is 334 g/mol. The molecule has 0 saturated carbocycles. The lowest BCUT2D eigenvalue weighted by Gasteiger charge is -2.08. The van der Waals surface area contributed by atoms with Gasteiger partial charge in [0.15, 0.2) is 0 Å². The first-order chi connectivity index (χ1) is 12.5. The average molecular weight is 355 g/mol. The number of rotatable bonds is 7. The van der Waals surface area contributed by atoms with Crippen molar-refractivity contribution in [2.75, 3.05) is 25.5 Å². The maximum atomic E-state index is 12.3. The van der Waals surface area contributed by atoms with Gasteiger partial charge in [-0.2, -0.15) is 0 Å². The van der Waals surface area contributed by atoms with E-state index in [1.165, 1.54) is 14.0 Å². The Balaban J connectivity index is 1.91. The summed E-state index contributed by atoms with van der Waals surface area (Å²) in [6, 6.07) is 13.4. The minimum absolute atomic E-state index is 0.143. The molecule has 0 fully saturated rings. The van der Waals surface area contributed by atoms with Crippen molar-refractivity contribution in [2.45, 2.75) is 6.92 Å². The van der Waals surface area contributed by atoms with Crippen molar-refractivity contribution < 1.29 is 19.1 Å². The van der Waals surface area contributed by atoms with E-state index in [1.807, 2.05) is 0 Å². The van der Waals surface area contributed by atoms with Gasteiger partial charge in [0, 0.05) is 36.8 Å². The van der Waals surface area contributed by atoms with Crippen LogP contribution in [0.25, 0.3) is 0 Å². The first kappa shape index (κ1) is 19.0. The normalized spacial score (nSPS) is 9.92. The summed E-state index contributed by atoms with van der Waals surface area (Å²) in [4.78, 5) is 35.0. The number of nitrogens with one attached hydrogen (secondary N) is 3. The van der Waals surface area contributed by atoms with Crippen LogP contribution in [0, 0.1) is 0 Å². The molecule has 0 aliphatic heterocycles. The highest BCUT2D eigenvalue weighted by molar-refractivity contribution is 6.04. The predicted octanol–water partition coefficient (Wildman–Crippen LogP) is 1.81. The summed E-state index contributed by atoms with van der Waals surface area (Å²) in [5, 5.41) is 8.06. The van der Waals surface area contributed by atoms with Crippen LogP contribution in [-0.2, 0) is 4.79 Å². The quantitative estimate of drug-likeness (QED) is 0.660. The monoisotopic (exact) mass is 355 g/mol. The minimum Gasteiger partial charge on any atom is -0.497 e. The Labute approximate surface area is 151 Å². The van der Waals surface area contributed by atoms with Crippen LogP contribution >= 0.6 is 0 Å². The Bertz CT molecular complexity index is 788. The molecule has 0 unspecified atom stereocenters. The molecule has 0 saturated heterocycles. The third-order valence-electron chi connectivity index (χ3n) is 3.52. The van der Waals surface area contributed by atoms with Crippen LogP contribution in [0.3, 0.4) is 0 Å². The van der Waals surface area contributed by atoms with Crippen LogP contribution in [0.5, 0.6) is 5.75 Å². The summed E-state index contributed by atoms with van der Waals surface area (Å²) in [6.07, 6.45) is 0. The molecular formula is C19H21N3O4. The molecule has 7 heteroatoms. The van der Waals surface area contributed by atoms with Crippen molar-refractivity contribution in [3.05, 3.63) is 59.7 Å². The molecule has 26 heavy (non-hydrogen) atoms. The standard InChI is InChI=1S/C19H21N3O4/c1-13(23)20-10-11-21-18(24)14-6-8-16(9-7-14)22-19(25)15-4-3-5-17(12-15)26-2/h3-9,12H,10-11H2,1-2H3,(H,20,23)(H,21,24)(H,22,25). The van der Waals surface area contributed by atoms with Crippen molar-refractivity contribution in [1.29, 1.82) is 0 Å². The van der Waals surface area contributed by atoms with E-state index in [2.05, 4.69) is 16.0 Å². The molecule has 0 spiro atoms. The Morgan fingerprint density at radius 3 is 2.23 bits per heavy atom. The first-order valence-electron chi connectivity index (χ1n) is 8.07. The molecule has 0 atom stereocenters. The highest BCUT2D eigenvalue weighted by Gasteiger charge is 2.09. The van der Waals surface area contributed by atoms with Gasteiger partial charge in [-0.25, -0.2) is 0 Å². The van der Waals surface area contributed by atoms with Gasteiger partial charge in [-0.05, 0) is 42.5 Å². The average Bonchev–Trinajstić information content (AvgIpc) is 2.65. The maximum absolute atomic E-state index is 12.3. The molecule has 2 rings (SSSR count). The number of ether oxygens (including phenoxy) is 1. The number of amides is 3.